The summed E-state index contributed by atoms with van der Waals surface area (Å²) in [6, 6.07) is 18.7. The van der Waals surface area contributed by atoms with Gasteiger partial charge in [0.25, 0.3) is 0 Å². The first-order valence-electron chi connectivity index (χ1n) is 5.95. The number of benzene rings is 2. The number of rotatable bonds is 1. The van der Waals surface area contributed by atoms with Crippen molar-refractivity contribution in [3.63, 3.8) is 0 Å². The van der Waals surface area contributed by atoms with Crippen molar-refractivity contribution < 1.29 is 0 Å². The first-order valence-corrected chi connectivity index (χ1v) is 7.80. The van der Waals surface area contributed by atoms with Crippen molar-refractivity contribution in [2.24, 2.45) is 4.99 Å². The molecule has 0 atom stereocenters. The lowest BCUT2D eigenvalue weighted by molar-refractivity contribution is 1.59. The van der Waals surface area contributed by atoms with Gasteiger partial charge in [0.2, 0.25) is 0 Å². The van der Waals surface area contributed by atoms with E-state index < -0.39 is 0 Å². The molecule has 2 aromatic carbocycles. The molecular weight excluding hydrogens is 318 g/mol. The highest BCUT2D eigenvalue weighted by atomic mass is 79.9. The number of hydrogen-bond donors (Lipinski definition) is 0. The fourth-order valence-electron chi connectivity index (χ4n) is 1.55. The molecule has 0 N–H and O–H groups in total. The summed E-state index contributed by atoms with van der Waals surface area (Å²) in [5.74, 6) is 1.04. The van der Waals surface area contributed by atoms with Gasteiger partial charge >= 0.3 is 0 Å². The number of nitrogens with zero attached hydrogens (tertiary/aromatic N) is 1. The van der Waals surface area contributed by atoms with E-state index in [1.165, 1.54) is 11.1 Å². The molecule has 0 fully saturated rings. The predicted molar refractivity (Wildman–Crippen MR) is 89.7 cm³/mol. The number of thioether (sulfide) groups is 1. The van der Waals surface area contributed by atoms with Crippen molar-refractivity contribution in [1.82, 2.24) is 0 Å². The highest BCUT2D eigenvalue weighted by molar-refractivity contribution is 9.10. The van der Waals surface area contributed by atoms with Gasteiger partial charge in [0.05, 0.1) is 0 Å². The number of halogens is 1. The van der Waals surface area contributed by atoms with Crippen LogP contribution >= 0.6 is 27.7 Å². The van der Waals surface area contributed by atoms with Crippen LogP contribution in [0, 0.1) is 0 Å². The molecular formula is C16H14BrNS. The zero-order valence-corrected chi connectivity index (χ0v) is 12.8. The van der Waals surface area contributed by atoms with Crippen molar-refractivity contribution >= 4 is 33.9 Å². The first kappa shape index (κ1) is 14.1. The maximum atomic E-state index is 3.85. The first-order chi connectivity index (χ1) is 9.36. The lowest BCUT2D eigenvalue weighted by atomic mass is 10.1. The van der Waals surface area contributed by atoms with Crippen molar-refractivity contribution in [2.75, 3.05) is 5.75 Å². The zero-order chi connectivity index (χ0) is 13.3. The Morgan fingerprint density at radius 3 is 2.05 bits per heavy atom. The Morgan fingerprint density at radius 2 is 1.58 bits per heavy atom. The molecule has 0 amide bonds. The van der Waals surface area contributed by atoms with E-state index in [4.69, 9.17) is 0 Å². The van der Waals surface area contributed by atoms with Crippen LogP contribution in [0.25, 0.3) is 11.1 Å². The molecule has 0 bridgehead atoms. The Bertz CT molecular complexity index is 535. The largest absolute Gasteiger partial charge is 0.268 e. The molecule has 1 heterocycles. The Hall–Kier alpha value is -1.32. The van der Waals surface area contributed by atoms with Crippen LogP contribution in [0.3, 0.4) is 0 Å². The van der Waals surface area contributed by atoms with Gasteiger partial charge in [-0.1, -0.05) is 58.4 Å². The molecule has 0 radical (unpaired) electrons. The van der Waals surface area contributed by atoms with E-state index in [9.17, 15) is 0 Å². The second kappa shape index (κ2) is 7.97. The minimum atomic E-state index is 1.04. The summed E-state index contributed by atoms with van der Waals surface area (Å²) in [6.45, 7) is 0. The highest BCUT2D eigenvalue weighted by Crippen LogP contribution is 2.20. The molecule has 2 aromatic rings. The molecule has 3 rings (SSSR count). The van der Waals surface area contributed by atoms with E-state index in [-0.39, 0.29) is 0 Å². The molecule has 1 aliphatic heterocycles. The van der Waals surface area contributed by atoms with Gasteiger partial charge in [-0.15, -0.1) is 11.8 Å². The predicted octanol–water partition coefficient (Wildman–Crippen LogP) is 5.39. The van der Waals surface area contributed by atoms with Crippen LogP contribution in [-0.4, -0.2) is 12.0 Å². The summed E-state index contributed by atoms with van der Waals surface area (Å²) in [4.78, 5) is 3.85. The van der Waals surface area contributed by atoms with Crippen LogP contribution in [0.5, 0.6) is 0 Å². The van der Waals surface area contributed by atoms with Crippen LogP contribution in [0.4, 0.5) is 0 Å². The molecule has 1 aliphatic rings. The summed E-state index contributed by atoms with van der Waals surface area (Å²) in [5, 5.41) is 1.99. The number of hydrogen-bond acceptors (Lipinski definition) is 2. The minimum Gasteiger partial charge on any atom is -0.268 e. The summed E-state index contributed by atoms with van der Waals surface area (Å²) >= 11 is 5.18. The monoisotopic (exact) mass is 331 g/mol. The minimum absolute atomic E-state index is 1.04. The molecule has 0 aliphatic carbocycles. The summed E-state index contributed by atoms with van der Waals surface area (Å²) in [6.07, 6.45) is 3.69. The van der Waals surface area contributed by atoms with Crippen LogP contribution in [-0.2, 0) is 0 Å². The third-order valence-corrected chi connectivity index (χ3v) is 3.66. The fraction of sp³-hybridized carbons (Fsp3) is 0.0625. The Labute approximate surface area is 126 Å². The lowest BCUT2D eigenvalue weighted by Gasteiger charge is -2.00. The molecule has 0 saturated carbocycles. The van der Waals surface area contributed by atoms with Crippen LogP contribution in [0.15, 0.2) is 75.7 Å². The van der Waals surface area contributed by atoms with E-state index in [0.717, 1.165) is 10.2 Å². The van der Waals surface area contributed by atoms with Gasteiger partial charge in [-0.25, -0.2) is 0 Å². The third-order valence-electron chi connectivity index (χ3n) is 2.47. The molecule has 0 aromatic heterocycles. The SMILES string of the molecule is Brc1ccc(-c2ccccc2)cc1.C1=CSCC=N1. The summed E-state index contributed by atoms with van der Waals surface area (Å²) in [5.41, 5.74) is 2.51. The second-order valence-corrected chi connectivity index (χ2v) is 5.68. The Kier molecular flexibility index (Phi) is 5.92. The van der Waals surface area contributed by atoms with Crippen molar-refractivity contribution in [1.29, 1.82) is 0 Å². The second-order valence-electron chi connectivity index (χ2n) is 3.82. The third kappa shape index (κ3) is 5.05. The number of aliphatic imine (C=N–C) groups is 1. The fourth-order valence-corrected chi connectivity index (χ4v) is 2.26. The quantitative estimate of drug-likeness (QED) is 0.682. The average Bonchev–Trinajstić information content (AvgIpc) is 2.51. The average molecular weight is 332 g/mol. The van der Waals surface area contributed by atoms with Crippen molar-refractivity contribution in [3.8, 4) is 11.1 Å². The zero-order valence-electron chi connectivity index (χ0n) is 10.4. The van der Waals surface area contributed by atoms with Gasteiger partial charge in [0.15, 0.2) is 0 Å². The van der Waals surface area contributed by atoms with Gasteiger partial charge in [0, 0.05) is 22.6 Å². The maximum Gasteiger partial charge on any atom is 0.0330 e. The van der Waals surface area contributed by atoms with Crippen LogP contribution in [0.2, 0.25) is 0 Å². The molecule has 1 nitrogen and oxygen atoms in total. The van der Waals surface area contributed by atoms with E-state index >= 15 is 0 Å². The van der Waals surface area contributed by atoms with Gasteiger partial charge < -0.3 is 0 Å². The van der Waals surface area contributed by atoms with Gasteiger partial charge in [-0.3, -0.25) is 4.99 Å². The van der Waals surface area contributed by atoms with Gasteiger partial charge in [-0.2, -0.15) is 0 Å². The van der Waals surface area contributed by atoms with E-state index in [1.54, 1.807) is 18.0 Å². The smallest absolute Gasteiger partial charge is 0.0330 e. The van der Waals surface area contributed by atoms with Gasteiger partial charge in [0.1, 0.15) is 0 Å². The summed E-state index contributed by atoms with van der Waals surface area (Å²) in [7, 11) is 0. The van der Waals surface area contributed by atoms with Crippen LogP contribution in [0.1, 0.15) is 0 Å². The molecule has 3 heteroatoms. The van der Waals surface area contributed by atoms with Crippen molar-refractivity contribution in [2.45, 2.75) is 0 Å². The van der Waals surface area contributed by atoms with E-state index in [2.05, 4.69) is 69.5 Å². The molecule has 0 spiro atoms. The maximum absolute atomic E-state index is 3.85. The Balaban J connectivity index is 0.000000186. The molecule has 0 unspecified atom stereocenters. The van der Waals surface area contributed by atoms with E-state index in [1.807, 2.05) is 17.7 Å². The Morgan fingerprint density at radius 1 is 0.895 bits per heavy atom. The lowest BCUT2D eigenvalue weighted by Crippen LogP contribution is -1.77. The topological polar surface area (TPSA) is 12.4 Å². The molecule has 19 heavy (non-hydrogen) atoms. The van der Waals surface area contributed by atoms with E-state index in [0.29, 0.717) is 0 Å². The van der Waals surface area contributed by atoms with Gasteiger partial charge in [-0.05, 0) is 28.7 Å². The molecule has 0 saturated heterocycles. The van der Waals surface area contributed by atoms with Crippen molar-refractivity contribution in [3.05, 3.63) is 70.7 Å². The normalized spacial score (nSPS) is 12.7. The standard InChI is InChI=1S/C12H9Br.C4H5NS/c13-12-8-6-11(7-9-12)10-4-2-1-3-5-10;1-3-6-4-2-5-1/h1-9H;1-3H,4H2. The molecule has 96 valence electrons. The summed E-state index contributed by atoms with van der Waals surface area (Å²) < 4.78 is 1.12. The van der Waals surface area contributed by atoms with Crippen LogP contribution < -0.4 is 0 Å². The highest BCUT2D eigenvalue weighted by Gasteiger charge is 1.94.